The highest BCUT2D eigenvalue weighted by Crippen LogP contribution is 2.37. The van der Waals surface area contributed by atoms with E-state index in [-0.39, 0.29) is 24.2 Å². The lowest BCUT2D eigenvalue weighted by molar-refractivity contribution is -0.137. The first kappa shape index (κ1) is 22.1. The second-order valence-electron chi connectivity index (χ2n) is 6.14. The van der Waals surface area contributed by atoms with Crippen LogP contribution in [0.2, 0.25) is 0 Å². The van der Waals surface area contributed by atoms with Gasteiger partial charge in [0.2, 0.25) is 11.8 Å². The standard InChI is InChI=1S/C20H21F3N2O4/c1-12(26)24-14-8-9-16(15(11-14)20(21,22)23)25-18(27)10-7-13-5-4-6-17(28-2)19(13)29-3/h4-6,8-9,11H,7,10H2,1-3H3,(H,24,26)(H,25,27). The average molecular weight is 410 g/mol. The molecule has 2 rings (SSSR count). The lowest BCUT2D eigenvalue weighted by Gasteiger charge is -2.16. The summed E-state index contributed by atoms with van der Waals surface area (Å²) in [6.07, 6.45) is -4.51. The van der Waals surface area contributed by atoms with Crippen LogP contribution in [-0.4, -0.2) is 26.0 Å². The number of amides is 2. The molecule has 29 heavy (non-hydrogen) atoms. The fraction of sp³-hybridized carbons (Fsp3) is 0.300. The van der Waals surface area contributed by atoms with Crippen LogP contribution in [0.15, 0.2) is 36.4 Å². The largest absolute Gasteiger partial charge is 0.493 e. The second-order valence-corrected chi connectivity index (χ2v) is 6.14. The summed E-state index contributed by atoms with van der Waals surface area (Å²) in [7, 11) is 2.95. The SMILES string of the molecule is COc1cccc(CCC(=O)Nc2ccc(NC(C)=O)cc2C(F)(F)F)c1OC. The smallest absolute Gasteiger partial charge is 0.418 e. The maximum atomic E-state index is 13.4. The summed E-state index contributed by atoms with van der Waals surface area (Å²) in [4.78, 5) is 23.3. The Balaban J connectivity index is 2.16. The molecule has 2 aromatic carbocycles. The molecule has 0 bridgehead atoms. The molecule has 0 spiro atoms. The Bertz CT molecular complexity index is 898. The number of carbonyl (C=O) groups is 2. The highest BCUT2D eigenvalue weighted by Gasteiger charge is 2.34. The molecular weight excluding hydrogens is 389 g/mol. The van der Waals surface area contributed by atoms with Gasteiger partial charge in [0.15, 0.2) is 11.5 Å². The number of alkyl halides is 3. The van der Waals surface area contributed by atoms with Gasteiger partial charge in [-0.1, -0.05) is 12.1 Å². The van der Waals surface area contributed by atoms with Crippen molar-refractivity contribution in [1.29, 1.82) is 0 Å². The molecule has 9 heteroatoms. The first-order valence-electron chi connectivity index (χ1n) is 8.64. The first-order valence-corrected chi connectivity index (χ1v) is 8.64. The molecule has 156 valence electrons. The Hall–Kier alpha value is -3.23. The first-order chi connectivity index (χ1) is 13.7. The van der Waals surface area contributed by atoms with Gasteiger partial charge in [-0.25, -0.2) is 0 Å². The average Bonchev–Trinajstić information content (AvgIpc) is 2.65. The summed E-state index contributed by atoms with van der Waals surface area (Å²) in [5, 5.41) is 4.58. The van der Waals surface area contributed by atoms with E-state index in [2.05, 4.69) is 10.6 Å². The third-order valence-electron chi connectivity index (χ3n) is 4.03. The summed E-state index contributed by atoms with van der Waals surface area (Å²) in [5.41, 5.74) is -0.742. The molecule has 0 unspecified atom stereocenters. The van der Waals surface area contributed by atoms with Gasteiger partial charge in [-0.05, 0) is 36.2 Å². The zero-order valence-electron chi connectivity index (χ0n) is 16.1. The molecule has 2 amide bonds. The predicted molar refractivity (Wildman–Crippen MR) is 102 cm³/mol. The van der Waals surface area contributed by atoms with Gasteiger partial charge in [0.1, 0.15) is 0 Å². The number of halogens is 3. The number of benzene rings is 2. The summed E-state index contributed by atoms with van der Waals surface area (Å²) in [6, 6.07) is 8.36. The Morgan fingerprint density at radius 3 is 2.34 bits per heavy atom. The van der Waals surface area contributed by atoms with Crippen molar-refractivity contribution in [2.75, 3.05) is 24.9 Å². The molecule has 0 aromatic heterocycles. The van der Waals surface area contributed by atoms with Gasteiger partial charge >= 0.3 is 6.18 Å². The van der Waals surface area contributed by atoms with Gasteiger partial charge < -0.3 is 20.1 Å². The lowest BCUT2D eigenvalue weighted by atomic mass is 10.1. The Labute approximate surface area is 166 Å². The maximum Gasteiger partial charge on any atom is 0.418 e. The van der Waals surface area contributed by atoms with Crippen molar-refractivity contribution in [3.63, 3.8) is 0 Å². The number of methoxy groups -OCH3 is 2. The van der Waals surface area contributed by atoms with Crippen LogP contribution in [0.25, 0.3) is 0 Å². The van der Waals surface area contributed by atoms with E-state index in [0.717, 1.165) is 12.1 Å². The zero-order valence-corrected chi connectivity index (χ0v) is 16.1. The number of para-hydroxylation sites is 1. The van der Waals surface area contributed by atoms with Crippen molar-refractivity contribution in [1.82, 2.24) is 0 Å². The van der Waals surface area contributed by atoms with E-state index in [1.54, 1.807) is 18.2 Å². The number of rotatable bonds is 7. The molecule has 2 aromatic rings. The topological polar surface area (TPSA) is 76.7 Å². The van der Waals surface area contributed by atoms with Gasteiger partial charge in [-0.15, -0.1) is 0 Å². The van der Waals surface area contributed by atoms with Gasteiger partial charge in [-0.2, -0.15) is 13.2 Å². The minimum Gasteiger partial charge on any atom is -0.493 e. The van der Waals surface area contributed by atoms with E-state index in [4.69, 9.17) is 9.47 Å². The molecule has 2 N–H and O–H groups in total. The Kier molecular flexibility index (Phi) is 7.08. The molecule has 0 heterocycles. The van der Waals surface area contributed by atoms with Crippen molar-refractivity contribution < 1.29 is 32.2 Å². The molecule has 0 saturated carbocycles. The normalized spacial score (nSPS) is 11.0. The number of nitrogens with one attached hydrogen (secondary N) is 2. The number of anilines is 2. The quantitative estimate of drug-likeness (QED) is 0.716. The minimum absolute atomic E-state index is 0.0102. The maximum absolute atomic E-state index is 13.4. The van der Waals surface area contributed by atoms with Crippen molar-refractivity contribution >= 4 is 23.2 Å². The van der Waals surface area contributed by atoms with E-state index in [1.807, 2.05) is 0 Å². The van der Waals surface area contributed by atoms with Crippen molar-refractivity contribution in [2.24, 2.45) is 0 Å². The highest BCUT2D eigenvalue weighted by molar-refractivity contribution is 5.93. The fourth-order valence-corrected chi connectivity index (χ4v) is 2.78. The van der Waals surface area contributed by atoms with Crippen molar-refractivity contribution in [2.45, 2.75) is 25.9 Å². The number of ether oxygens (including phenoxy) is 2. The van der Waals surface area contributed by atoms with Gasteiger partial charge in [0.05, 0.1) is 25.5 Å². The summed E-state index contributed by atoms with van der Waals surface area (Å²) in [6.45, 7) is 1.19. The summed E-state index contributed by atoms with van der Waals surface area (Å²) >= 11 is 0. The number of hydrogen-bond donors (Lipinski definition) is 2. The van der Waals surface area contributed by atoms with Crippen LogP contribution >= 0.6 is 0 Å². The predicted octanol–water partition coefficient (Wildman–Crippen LogP) is 4.25. The minimum atomic E-state index is -4.70. The van der Waals surface area contributed by atoms with Gasteiger partial charge in [0, 0.05) is 19.0 Å². The third-order valence-corrected chi connectivity index (χ3v) is 4.03. The van der Waals surface area contributed by atoms with Crippen molar-refractivity contribution in [3.05, 3.63) is 47.5 Å². The lowest BCUT2D eigenvalue weighted by Crippen LogP contribution is -2.18. The van der Waals surface area contributed by atoms with E-state index in [1.165, 1.54) is 27.2 Å². The summed E-state index contributed by atoms with van der Waals surface area (Å²) in [5.74, 6) is -0.119. The van der Waals surface area contributed by atoms with Crippen LogP contribution in [0, 0.1) is 0 Å². The van der Waals surface area contributed by atoms with Gasteiger partial charge in [-0.3, -0.25) is 9.59 Å². The number of carbonyl (C=O) groups excluding carboxylic acids is 2. The molecule has 0 fully saturated rings. The van der Waals surface area contributed by atoms with Crippen LogP contribution in [0.5, 0.6) is 11.5 Å². The molecule has 0 aliphatic heterocycles. The van der Waals surface area contributed by atoms with E-state index < -0.39 is 23.6 Å². The molecule has 0 saturated heterocycles. The van der Waals surface area contributed by atoms with Crippen molar-refractivity contribution in [3.8, 4) is 11.5 Å². The van der Waals surface area contributed by atoms with Crippen LogP contribution < -0.4 is 20.1 Å². The van der Waals surface area contributed by atoms with E-state index >= 15 is 0 Å². The van der Waals surface area contributed by atoms with Crippen LogP contribution in [0.4, 0.5) is 24.5 Å². The Morgan fingerprint density at radius 2 is 1.76 bits per heavy atom. The molecular formula is C20H21F3N2O4. The fourth-order valence-electron chi connectivity index (χ4n) is 2.78. The highest BCUT2D eigenvalue weighted by atomic mass is 19.4. The molecule has 0 atom stereocenters. The molecule has 0 aliphatic rings. The van der Waals surface area contributed by atoms with Gasteiger partial charge in [0.25, 0.3) is 0 Å². The monoisotopic (exact) mass is 410 g/mol. The van der Waals surface area contributed by atoms with Crippen LogP contribution in [-0.2, 0) is 22.2 Å². The van der Waals surface area contributed by atoms with Crippen LogP contribution in [0.1, 0.15) is 24.5 Å². The second kappa shape index (κ2) is 9.31. The molecule has 0 radical (unpaired) electrons. The molecule has 6 nitrogen and oxygen atoms in total. The van der Waals surface area contributed by atoms with Crippen LogP contribution in [0.3, 0.4) is 0 Å². The van der Waals surface area contributed by atoms with E-state index in [0.29, 0.717) is 17.1 Å². The number of hydrogen-bond acceptors (Lipinski definition) is 4. The zero-order chi connectivity index (χ0) is 21.6. The third kappa shape index (κ3) is 5.87. The molecule has 0 aliphatic carbocycles. The summed E-state index contributed by atoms with van der Waals surface area (Å²) < 4.78 is 50.5. The van der Waals surface area contributed by atoms with E-state index in [9.17, 15) is 22.8 Å². The number of aryl methyl sites for hydroxylation is 1. The Morgan fingerprint density at radius 1 is 1.03 bits per heavy atom.